The maximum Gasteiger partial charge on any atom is 0.283 e. The van der Waals surface area contributed by atoms with Crippen LogP contribution < -0.4 is 14.4 Å². The number of carbonyl (C=O) groups excluding carboxylic acids is 2. The minimum absolute atomic E-state index is 0.00986. The summed E-state index contributed by atoms with van der Waals surface area (Å²) in [6, 6.07) is 8.98. The molecule has 3 aliphatic rings. The first-order valence-corrected chi connectivity index (χ1v) is 17.0. The molecule has 0 radical (unpaired) electrons. The lowest BCUT2D eigenvalue weighted by atomic mass is 9.71. The average molecular weight is 630 g/mol. The molecule has 5 rings (SSSR count). The topological polar surface area (TPSA) is 115 Å². The zero-order valence-electron chi connectivity index (χ0n) is 24.8. The largest absolute Gasteiger partial charge is 0.485 e. The van der Waals surface area contributed by atoms with Gasteiger partial charge in [0.15, 0.2) is 17.4 Å². The Morgan fingerprint density at radius 2 is 1.98 bits per heavy atom. The number of aryl methyl sites for hydroxylation is 1. The number of carbonyl (C=O) groups is 2. The molecule has 9 nitrogen and oxygen atoms in total. The van der Waals surface area contributed by atoms with Crippen LogP contribution in [0.4, 0.5) is 5.82 Å². The van der Waals surface area contributed by atoms with Crippen LogP contribution in [0.2, 0.25) is 5.02 Å². The fourth-order valence-electron chi connectivity index (χ4n) is 6.28. The molecule has 2 aliphatic heterocycles. The number of ether oxygens (including phenoxy) is 2. The second kappa shape index (κ2) is 13.8. The van der Waals surface area contributed by atoms with Crippen LogP contribution in [-0.2, 0) is 32.6 Å². The molecule has 1 N–H and O–H groups in total. The molecule has 2 aromatic rings. The van der Waals surface area contributed by atoms with E-state index in [0.717, 1.165) is 43.2 Å². The summed E-state index contributed by atoms with van der Waals surface area (Å²) in [5.41, 5.74) is 2.15. The van der Waals surface area contributed by atoms with Gasteiger partial charge in [0, 0.05) is 37.7 Å². The molecule has 2 bridgehead atoms. The van der Waals surface area contributed by atoms with Gasteiger partial charge in [-0.05, 0) is 98.2 Å². The zero-order valence-corrected chi connectivity index (χ0v) is 26.3. The van der Waals surface area contributed by atoms with Crippen LogP contribution in [0.25, 0.3) is 0 Å². The number of hydrogen-bond donors (Lipinski definition) is 1. The predicted octanol–water partition coefficient (Wildman–Crippen LogP) is 5.11. The third kappa shape index (κ3) is 7.41. The van der Waals surface area contributed by atoms with E-state index in [-0.39, 0.29) is 42.3 Å². The number of methoxy groups -OCH3 is 1. The molecule has 0 unspecified atom stereocenters. The summed E-state index contributed by atoms with van der Waals surface area (Å²) in [5.74, 6) is -0.0471. The number of pyridine rings is 1. The van der Waals surface area contributed by atoms with E-state index in [9.17, 15) is 18.0 Å². The third-order valence-electron chi connectivity index (χ3n) is 8.95. The second-order valence-electron chi connectivity index (χ2n) is 11.9. The summed E-state index contributed by atoms with van der Waals surface area (Å²) >= 11 is 6.29. The number of rotatable bonds is 3. The molecule has 1 saturated carbocycles. The lowest BCUT2D eigenvalue weighted by Crippen LogP contribution is -2.43. The molecule has 1 aromatic carbocycles. The Bertz CT molecular complexity index is 1480. The molecule has 232 valence electrons. The van der Waals surface area contributed by atoms with E-state index >= 15 is 0 Å². The smallest absolute Gasteiger partial charge is 0.283 e. The van der Waals surface area contributed by atoms with Gasteiger partial charge in [-0.15, -0.1) is 0 Å². The highest BCUT2D eigenvalue weighted by atomic mass is 35.5. The van der Waals surface area contributed by atoms with Gasteiger partial charge in [0.05, 0.1) is 5.25 Å². The molecule has 11 heteroatoms. The fourth-order valence-corrected chi connectivity index (χ4v) is 8.12. The van der Waals surface area contributed by atoms with Crippen LogP contribution in [0.5, 0.6) is 5.75 Å². The number of hydrogen-bond acceptors (Lipinski definition) is 8. The average Bonchev–Trinajstić information content (AvgIpc) is 2.97. The van der Waals surface area contributed by atoms with Crippen LogP contribution in [-0.4, -0.2) is 57.1 Å². The first kappa shape index (κ1) is 31.5. The van der Waals surface area contributed by atoms with Gasteiger partial charge in [0.1, 0.15) is 12.3 Å². The van der Waals surface area contributed by atoms with E-state index in [2.05, 4.69) is 9.62 Å². The molecule has 1 aliphatic carbocycles. The molecule has 3 heterocycles. The molecule has 0 saturated heterocycles. The number of halogens is 1. The summed E-state index contributed by atoms with van der Waals surface area (Å²) < 4.78 is 40.8. The first-order valence-electron chi connectivity index (χ1n) is 15.1. The van der Waals surface area contributed by atoms with Crippen molar-refractivity contribution in [2.45, 2.75) is 63.7 Å². The number of benzene rings is 1. The maximum absolute atomic E-state index is 13.5. The van der Waals surface area contributed by atoms with Gasteiger partial charge < -0.3 is 14.4 Å². The van der Waals surface area contributed by atoms with Gasteiger partial charge in [-0.25, -0.2) is 18.1 Å². The molecule has 0 spiro atoms. The van der Waals surface area contributed by atoms with Crippen molar-refractivity contribution in [2.24, 2.45) is 17.8 Å². The van der Waals surface area contributed by atoms with Gasteiger partial charge >= 0.3 is 0 Å². The minimum Gasteiger partial charge on any atom is -0.485 e. The molecule has 1 amide bonds. The highest BCUT2D eigenvalue weighted by molar-refractivity contribution is 7.90. The van der Waals surface area contributed by atoms with Crippen molar-refractivity contribution in [3.8, 4) is 5.75 Å². The summed E-state index contributed by atoms with van der Waals surface area (Å²) in [7, 11) is -2.58. The Hall–Kier alpha value is -2.95. The Morgan fingerprint density at radius 3 is 2.74 bits per heavy atom. The lowest BCUT2D eigenvalue weighted by Gasteiger charge is -2.39. The van der Waals surface area contributed by atoms with E-state index in [1.54, 1.807) is 18.2 Å². The van der Waals surface area contributed by atoms with Gasteiger partial charge in [0.2, 0.25) is 10.0 Å². The summed E-state index contributed by atoms with van der Waals surface area (Å²) in [6.45, 7) is 3.56. The van der Waals surface area contributed by atoms with Gasteiger partial charge in [-0.2, -0.15) is 0 Å². The molecular weight excluding hydrogens is 590 g/mol. The highest BCUT2D eigenvalue weighted by Gasteiger charge is 2.38. The highest BCUT2D eigenvalue weighted by Crippen LogP contribution is 2.39. The number of sulfonamides is 1. The number of anilines is 1. The quantitative estimate of drug-likeness (QED) is 0.498. The van der Waals surface area contributed by atoms with Crippen molar-refractivity contribution < 1.29 is 27.5 Å². The van der Waals surface area contributed by atoms with Gasteiger partial charge in [-0.3, -0.25) is 9.59 Å². The monoisotopic (exact) mass is 629 g/mol. The summed E-state index contributed by atoms with van der Waals surface area (Å²) in [4.78, 5) is 33.5. The number of aromatic nitrogens is 1. The maximum atomic E-state index is 13.5. The Morgan fingerprint density at radius 1 is 1.14 bits per heavy atom. The van der Waals surface area contributed by atoms with Gasteiger partial charge in [0.25, 0.3) is 5.91 Å². The minimum atomic E-state index is -4.09. The number of allylic oxidation sites excluding steroid dienone is 2. The van der Waals surface area contributed by atoms with Crippen molar-refractivity contribution in [2.75, 3.05) is 31.7 Å². The second-order valence-corrected chi connectivity index (χ2v) is 14.2. The Kier molecular flexibility index (Phi) is 10.1. The standard InChI is InChI=1S/C32H40ClN3O6S/c1-21-6-5-8-28(37)26-12-10-23(26)19-36-16-4-3-7-22-18-25(33)11-9-24(22)20-42-29-14-13-27(34-31(29)36)32(38)35-43(39,40)30(21)15-17-41-2/h5,8-9,11,13-14,18,21,23,26,30H,3-4,6-7,10,12,15-17,19-20H2,1-2H3,(H,35,38)/b8-5+/t21-,23-,26+,30+/m0/s1. The Labute approximate surface area is 259 Å². The van der Waals surface area contributed by atoms with Crippen LogP contribution in [0, 0.1) is 17.8 Å². The number of amides is 1. The van der Waals surface area contributed by atoms with Gasteiger partial charge in [-0.1, -0.05) is 30.7 Å². The molecule has 4 atom stereocenters. The molecule has 43 heavy (non-hydrogen) atoms. The van der Waals surface area contributed by atoms with E-state index < -0.39 is 21.2 Å². The number of nitrogens with zero attached hydrogens (tertiary/aromatic N) is 2. The van der Waals surface area contributed by atoms with Crippen molar-refractivity contribution in [1.82, 2.24) is 9.71 Å². The molecule has 1 aromatic heterocycles. The van der Waals surface area contributed by atoms with Crippen molar-refractivity contribution >= 4 is 39.1 Å². The normalized spacial score (nSPS) is 26.9. The third-order valence-corrected chi connectivity index (χ3v) is 11.2. The lowest BCUT2D eigenvalue weighted by molar-refractivity contribution is -0.122. The SMILES string of the molecule is COCC[C@@H]1[C@@H](C)C/C=C/C(=O)[C@@H]2CC[C@H]2CN2CCCCc3cc(Cl)ccc3COc3ccc(nc32)C(=O)NS1(=O)=O. The van der Waals surface area contributed by atoms with E-state index in [1.165, 1.54) is 13.2 Å². The number of nitrogens with one attached hydrogen (secondary N) is 1. The van der Waals surface area contributed by atoms with Crippen LogP contribution in [0.1, 0.15) is 67.1 Å². The fraction of sp³-hybridized carbons (Fsp3) is 0.531. The van der Waals surface area contributed by atoms with Crippen molar-refractivity contribution in [3.63, 3.8) is 0 Å². The van der Waals surface area contributed by atoms with E-state index in [0.29, 0.717) is 42.7 Å². The van der Waals surface area contributed by atoms with Crippen molar-refractivity contribution in [3.05, 3.63) is 64.3 Å². The van der Waals surface area contributed by atoms with Crippen LogP contribution in [0.3, 0.4) is 0 Å². The van der Waals surface area contributed by atoms with Crippen LogP contribution >= 0.6 is 11.6 Å². The zero-order chi connectivity index (χ0) is 30.6. The van der Waals surface area contributed by atoms with Crippen LogP contribution in [0.15, 0.2) is 42.5 Å². The van der Waals surface area contributed by atoms with E-state index in [4.69, 9.17) is 26.1 Å². The van der Waals surface area contributed by atoms with E-state index in [1.807, 2.05) is 25.1 Å². The Balaban J connectivity index is 1.54. The predicted molar refractivity (Wildman–Crippen MR) is 166 cm³/mol. The number of fused-ring (bicyclic) bond motifs is 3. The molecular formula is C32H40ClN3O6S. The van der Waals surface area contributed by atoms with Crippen molar-refractivity contribution in [1.29, 1.82) is 0 Å². The number of ketones is 1. The summed E-state index contributed by atoms with van der Waals surface area (Å²) in [5, 5.41) is -0.213. The summed E-state index contributed by atoms with van der Waals surface area (Å²) in [6.07, 6.45) is 8.33. The molecule has 1 fully saturated rings. The first-order chi connectivity index (χ1) is 20.7.